The van der Waals surface area contributed by atoms with Crippen molar-refractivity contribution in [3.63, 3.8) is 0 Å². The summed E-state index contributed by atoms with van der Waals surface area (Å²) in [6, 6.07) is 91.4. The average Bonchev–Trinajstić information content (AvgIpc) is 4.01. The lowest BCUT2D eigenvalue weighted by atomic mass is 9.81. The summed E-state index contributed by atoms with van der Waals surface area (Å²) >= 11 is 0. The van der Waals surface area contributed by atoms with Gasteiger partial charge in [0.15, 0.2) is 0 Å². The van der Waals surface area contributed by atoms with Gasteiger partial charge < -0.3 is 0 Å². The SMILES string of the molecule is c1ccc(-c2ccccc2-c2c3ccc(-c4nc5ccccc5n4-c4ccccc4)cc3c(-c3ccccc3-c3ccccc3)c3ccc(-c4nc5ccccc5n4-c4ccccc4)cc23)cc1. The topological polar surface area (TPSA) is 35.6 Å². The van der Waals surface area contributed by atoms with E-state index in [1.54, 1.807) is 0 Å². The highest BCUT2D eigenvalue weighted by atomic mass is 15.1. The van der Waals surface area contributed by atoms with Gasteiger partial charge in [-0.1, -0.05) is 194 Å². The number of para-hydroxylation sites is 6. The smallest absolute Gasteiger partial charge is 0.145 e. The first-order chi connectivity index (χ1) is 33.8. The molecule has 0 bridgehead atoms. The number of hydrogen-bond donors (Lipinski definition) is 0. The Morgan fingerprint density at radius 1 is 0.250 bits per heavy atom. The van der Waals surface area contributed by atoms with Crippen molar-refractivity contribution in [2.45, 2.75) is 0 Å². The Balaban J connectivity index is 1.19. The van der Waals surface area contributed by atoms with Crippen LogP contribution in [0.1, 0.15) is 0 Å². The zero-order chi connectivity index (χ0) is 45.0. The Hall–Kier alpha value is -9.12. The van der Waals surface area contributed by atoms with Crippen LogP contribution in [0.3, 0.4) is 0 Å². The van der Waals surface area contributed by atoms with Crippen molar-refractivity contribution in [3.05, 3.63) is 255 Å². The Morgan fingerprint density at radius 2 is 0.588 bits per heavy atom. The van der Waals surface area contributed by atoms with Gasteiger partial charge in [-0.15, -0.1) is 0 Å². The Labute approximate surface area is 394 Å². The van der Waals surface area contributed by atoms with E-state index in [1.165, 1.54) is 22.3 Å². The lowest BCUT2D eigenvalue weighted by molar-refractivity contribution is 1.10. The average molecular weight is 867 g/mol. The fourth-order valence-corrected chi connectivity index (χ4v) is 10.3. The molecule has 4 heteroatoms. The van der Waals surface area contributed by atoms with E-state index in [2.05, 4.69) is 264 Å². The second kappa shape index (κ2) is 16.4. The largest absolute Gasteiger partial charge is 0.292 e. The Bertz CT molecular complexity index is 3740. The summed E-state index contributed by atoms with van der Waals surface area (Å²) in [4.78, 5) is 10.8. The molecule has 0 aliphatic rings. The molecule has 0 aliphatic heterocycles. The quantitative estimate of drug-likeness (QED) is 0.143. The summed E-state index contributed by atoms with van der Waals surface area (Å²) in [6.07, 6.45) is 0. The third-order valence-electron chi connectivity index (χ3n) is 13.3. The van der Waals surface area contributed by atoms with Gasteiger partial charge in [0.25, 0.3) is 0 Å². The summed E-state index contributed by atoms with van der Waals surface area (Å²) < 4.78 is 4.59. The highest BCUT2D eigenvalue weighted by Gasteiger charge is 2.24. The molecule has 13 rings (SSSR count). The molecule has 0 saturated heterocycles. The van der Waals surface area contributed by atoms with Crippen LogP contribution in [0.25, 0.3) is 122 Å². The first kappa shape index (κ1) is 39.3. The molecule has 0 spiro atoms. The number of rotatable bonds is 8. The second-order valence-electron chi connectivity index (χ2n) is 17.3. The Morgan fingerprint density at radius 3 is 1.00 bits per heavy atom. The molecule has 0 amide bonds. The van der Waals surface area contributed by atoms with E-state index in [9.17, 15) is 0 Å². The Kier molecular flexibility index (Phi) is 9.47. The van der Waals surface area contributed by atoms with Crippen LogP contribution in [0.4, 0.5) is 0 Å². The molecular weight excluding hydrogens is 825 g/mol. The van der Waals surface area contributed by atoms with Crippen molar-refractivity contribution in [2.75, 3.05) is 0 Å². The summed E-state index contributed by atoms with van der Waals surface area (Å²) in [5, 5.41) is 4.59. The van der Waals surface area contributed by atoms with Crippen molar-refractivity contribution in [2.24, 2.45) is 0 Å². The molecule has 68 heavy (non-hydrogen) atoms. The van der Waals surface area contributed by atoms with Crippen molar-refractivity contribution in [1.82, 2.24) is 19.1 Å². The van der Waals surface area contributed by atoms with E-state index in [1.807, 2.05) is 0 Å². The number of hydrogen-bond acceptors (Lipinski definition) is 2. The zero-order valence-corrected chi connectivity index (χ0v) is 37.0. The number of nitrogens with zero attached hydrogens (tertiary/aromatic N) is 4. The van der Waals surface area contributed by atoms with Gasteiger partial charge >= 0.3 is 0 Å². The molecule has 2 aromatic heterocycles. The monoisotopic (exact) mass is 866 g/mol. The van der Waals surface area contributed by atoms with Crippen molar-refractivity contribution in [1.29, 1.82) is 0 Å². The van der Waals surface area contributed by atoms with Crippen molar-refractivity contribution in [3.8, 4) is 78.7 Å². The molecule has 4 nitrogen and oxygen atoms in total. The zero-order valence-electron chi connectivity index (χ0n) is 37.0. The van der Waals surface area contributed by atoms with E-state index in [0.717, 1.165) is 100 Å². The number of benzene rings is 11. The normalized spacial score (nSPS) is 11.5. The predicted molar refractivity (Wildman–Crippen MR) is 283 cm³/mol. The minimum Gasteiger partial charge on any atom is -0.292 e. The fraction of sp³-hybridized carbons (Fsp3) is 0. The lowest BCUT2D eigenvalue weighted by Crippen LogP contribution is -1.99. The standard InChI is InChI=1S/C64H42N4/c1-5-21-43(22-6-1)49-29-13-15-31-51(49)61-53-39-37-46(64-66-58-34-18-20-36-60(58)68(64)48-27-11-4-12-28-48)42-56(53)62(52-32-16-14-30-50(52)44-23-7-2-8-24-44)54-40-38-45(41-55(54)61)63-65-57-33-17-19-35-59(57)67(63)47-25-9-3-10-26-47/h1-42H. The molecule has 0 aliphatic carbocycles. The summed E-state index contributed by atoms with van der Waals surface area (Å²) in [5.41, 5.74) is 17.6. The van der Waals surface area contributed by atoms with Crippen LogP contribution in [-0.2, 0) is 0 Å². The third kappa shape index (κ3) is 6.53. The van der Waals surface area contributed by atoms with Crippen molar-refractivity contribution < 1.29 is 0 Å². The third-order valence-corrected chi connectivity index (χ3v) is 13.3. The first-order valence-electron chi connectivity index (χ1n) is 23.2. The predicted octanol–water partition coefficient (Wildman–Crippen LogP) is 16.7. The van der Waals surface area contributed by atoms with E-state index >= 15 is 0 Å². The molecule has 2 heterocycles. The van der Waals surface area contributed by atoms with Crippen LogP contribution in [0.5, 0.6) is 0 Å². The number of imidazole rings is 2. The lowest BCUT2D eigenvalue weighted by Gasteiger charge is -2.22. The maximum Gasteiger partial charge on any atom is 0.145 e. The van der Waals surface area contributed by atoms with Gasteiger partial charge in [-0.05, 0) is 127 Å². The van der Waals surface area contributed by atoms with E-state index in [4.69, 9.17) is 9.97 Å². The molecule has 0 atom stereocenters. The molecule has 13 aromatic rings. The van der Waals surface area contributed by atoms with Gasteiger partial charge in [0.2, 0.25) is 0 Å². The van der Waals surface area contributed by atoms with E-state index in [0.29, 0.717) is 0 Å². The fourth-order valence-electron chi connectivity index (χ4n) is 10.3. The minimum absolute atomic E-state index is 0.892. The minimum atomic E-state index is 0.892. The number of aromatic nitrogens is 4. The van der Waals surface area contributed by atoms with Crippen LogP contribution in [0.15, 0.2) is 255 Å². The second-order valence-corrected chi connectivity index (χ2v) is 17.3. The van der Waals surface area contributed by atoms with Crippen LogP contribution in [0.2, 0.25) is 0 Å². The maximum absolute atomic E-state index is 5.38. The maximum atomic E-state index is 5.38. The molecule has 0 fully saturated rings. The van der Waals surface area contributed by atoms with Gasteiger partial charge in [-0.25, -0.2) is 9.97 Å². The van der Waals surface area contributed by atoms with Gasteiger partial charge in [-0.3, -0.25) is 9.13 Å². The van der Waals surface area contributed by atoms with Crippen LogP contribution < -0.4 is 0 Å². The number of fused-ring (bicyclic) bond motifs is 4. The summed E-state index contributed by atoms with van der Waals surface area (Å²) in [7, 11) is 0. The van der Waals surface area contributed by atoms with Crippen LogP contribution in [0, 0.1) is 0 Å². The molecule has 318 valence electrons. The van der Waals surface area contributed by atoms with Gasteiger partial charge in [0.05, 0.1) is 22.1 Å². The molecule has 0 unspecified atom stereocenters. The molecule has 0 saturated carbocycles. The molecule has 0 N–H and O–H groups in total. The van der Waals surface area contributed by atoms with Gasteiger partial charge in [0, 0.05) is 22.5 Å². The highest BCUT2D eigenvalue weighted by Crippen LogP contribution is 2.50. The van der Waals surface area contributed by atoms with Crippen molar-refractivity contribution >= 4 is 43.6 Å². The van der Waals surface area contributed by atoms with Crippen LogP contribution in [-0.4, -0.2) is 19.1 Å². The van der Waals surface area contributed by atoms with E-state index < -0.39 is 0 Å². The van der Waals surface area contributed by atoms with Gasteiger partial charge in [-0.2, -0.15) is 0 Å². The summed E-state index contributed by atoms with van der Waals surface area (Å²) in [6.45, 7) is 0. The molecule has 11 aromatic carbocycles. The molecular formula is C64H42N4. The van der Waals surface area contributed by atoms with E-state index in [-0.39, 0.29) is 0 Å². The molecule has 0 radical (unpaired) electrons. The first-order valence-corrected chi connectivity index (χ1v) is 23.2. The van der Waals surface area contributed by atoms with Crippen LogP contribution >= 0.6 is 0 Å². The summed E-state index contributed by atoms with van der Waals surface area (Å²) in [5.74, 6) is 1.78. The van der Waals surface area contributed by atoms with Gasteiger partial charge in [0.1, 0.15) is 11.6 Å². The highest BCUT2D eigenvalue weighted by molar-refractivity contribution is 6.24.